The van der Waals surface area contributed by atoms with Crippen molar-refractivity contribution in [3.63, 3.8) is 0 Å². The van der Waals surface area contributed by atoms with Gasteiger partial charge < -0.3 is 4.74 Å². The number of carbonyl (C=O) groups is 2. The first-order chi connectivity index (χ1) is 13.7. The number of fused-ring (bicyclic) bond motifs is 2. The van der Waals surface area contributed by atoms with Gasteiger partial charge in [0.05, 0.1) is 5.52 Å². The van der Waals surface area contributed by atoms with E-state index in [1.807, 2.05) is 48.5 Å². The van der Waals surface area contributed by atoms with Crippen molar-refractivity contribution < 1.29 is 14.3 Å². The van der Waals surface area contributed by atoms with Crippen LogP contribution < -0.4 is 10.1 Å². The van der Waals surface area contributed by atoms with Crippen molar-refractivity contribution in [3.8, 4) is 11.5 Å². The molecule has 0 radical (unpaired) electrons. The molecule has 28 heavy (non-hydrogen) atoms. The molecular weight excluding hydrogens is 392 g/mol. The first kappa shape index (κ1) is 17.6. The number of nitrogens with zero attached hydrogens (tertiary/aromatic N) is 1. The number of aromatic nitrogens is 1. The van der Waals surface area contributed by atoms with Crippen LogP contribution in [-0.4, -0.2) is 27.1 Å². The van der Waals surface area contributed by atoms with Gasteiger partial charge in [0.2, 0.25) is 5.91 Å². The number of rotatable bonds is 3. The topological polar surface area (TPSA) is 68.3 Å². The summed E-state index contributed by atoms with van der Waals surface area (Å²) in [5.41, 5.74) is 2.01. The van der Waals surface area contributed by atoms with Crippen LogP contribution in [0.15, 0.2) is 59.6 Å². The quantitative estimate of drug-likeness (QED) is 0.661. The van der Waals surface area contributed by atoms with Crippen LogP contribution in [0.4, 0.5) is 4.79 Å². The molecule has 0 aliphatic carbocycles. The van der Waals surface area contributed by atoms with Crippen LogP contribution >= 0.6 is 23.5 Å². The Morgan fingerprint density at radius 1 is 1.11 bits per heavy atom. The number of nitrogens with one attached hydrogen (secondary N) is 1. The smallest absolute Gasteiger partial charge is 0.286 e. The molecule has 5 rings (SSSR count). The van der Waals surface area contributed by atoms with Gasteiger partial charge in [-0.2, -0.15) is 0 Å². The van der Waals surface area contributed by atoms with Gasteiger partial charge in [-0.1, -0.05) is 30.0 Å². The minimum Gasteiger partial charge on any atom is -0.457 e. The molecule has 3 heterocycles. The fourth-order valence-corrected chi connectivity index (χ4v) is 5.88. The summed E-state index contributed by atoms with van der Waals surface area (Å²) in [6.07, 6.45) is 2.62. The van der Waals surface area contributed by atoms with Crippen LogP contribution in [-0.2, 0) is 4.79 Å². The second kappa shape index (κ2) is 7.14. The molecule has 1 N–H and O–H groups in total. The maximum absolute atomic E-state index is 12.1. The van der Waals surface area contributed by atoms with E-state index in [0.717, 1.165) is 56.8 Å². The Morgan fingerprint density at radius 2 is 2.00 bits per heavy atom. The van der Waals surface area contributed by atoms with Gasteiger partial charge in [-0.15, -0.1) is 11.8 Å². The van der Waals surface area contributed by atoms with Gasteiger partial charge in [-0.25, -0.2) is 0 Å². The summed E-state index contributed by atoms with van der Waals surface area (Å²) in [6.45, 7) is 0. The van der Waals surface area contributed by atoms with E-state index in [1.165, 1.54) is 0 Å². The number of hydrogen-bond donors (Lipinski definition) is 1. The molecule has 1 fully saturated rings. The largest absolute Gasteiger partial charge is 0.457 e. The summed E-state index contributed by atoms with van der Waals surface area (Å²) in [5.74, 6) is 2.30. The van der Waals surface area contributed by atoms with Crippen molar-refractivity contribution in [1.82, 2.24) is 10.3 Å². The maximum Gasteiger partial charge on any atom is 0.286 e. The highest BCUT2D eigenvalue weighted by Gasteiger charge is 2.40. The number of pyridine rings is 1. The minimum atomic E-state index is -0.344. The summed E-state index contributed by atoms with van der Waals surface area (Å²) in [7, 11) is 0. The Hall–Kier alpha value is -2.51. The molecule has 1 saturated heterocycles. The van der Waals surface area contributed by atoms with E-state index < -0.39 is 0 Å². The van der Waals surface area contributed by atoms with Gasteiger partial charge in [0.15, 0.2) is 0 Å². The maximum atomic E-state index is 12.1. The molecule has 2 aliphatic heterocycles. The molecule has 2 amide bonds. The average Bonchev–Trinajstić information content (AvgIpc) is 3.05. The van der Waals surface area contributed by atoms with Crippen LogP contribution in [0, 0.1) is 0 Å². The van der Waals surface area contributed by atoms with Crippen molar-refractivity contribution in [1.29, 1.82) is 0 Å². The van der Waals surface area contributed by atoms with Crippen LogP contribution in [0.5, 0.6) is 11.5 Å². The van der Waals surface area contributed by atoms with Gasteiger partial charge in [-0.3, -0.25) is 19.9 Å². The fraction of sp³-hybridized carbons (Fsp3) is 0.190. The number of benzene rings is 2. The number of hydrogen-bond acceptors (Lipinski definition) is 6. The molecule has 2 aromatic carbocycles. The lowest BCUT2D eigenvalue weighted by Gasteiger charge is -2.27. The van der Waals surface area contributed by atoms with Gasteiger partial charge in [0.25, 0.3) is 5.24 Å². The van der Waals surface area contributed by atoms with E-state index in [2.05, 4.69) is 10.3 Å². The Morgan fingerprint density at radius 3 is 2.86 bits per heavy atom. The Balaban J connectivity index is 1.46. The number of amides is 2. The SMILES string of the molecule is O=C1NC(=O)C([C@@H]2CCSc3cc(Oc4ccnc5ccccc45)ccc32)S1. The van der Waals surface area contributed by atoms with Crippen LogP contribution in [0.25, 0.3) is 10.9 Å². The molecule has 0 saturated carbocycles. The predicted octanol–water partition coefficient (Wildman–Crippen LogP) is 4.96. The van der Waals surface area contributed by atoms with Gasteiger partial charge >= 0.3 is 0 Å². The summed E-state index contributed by atoms with van der Waals surface area (Å²) >= 11 is 2.87. The van der Waals surface area contributed by atoms with Crippen molar-refractivity contribution in [2.24, 2.45) is 0 Å². The molecule has 140 valence electrons. The summed E-state index contributed by atoms with van der Waals surface area (Å²) in [4.78, 5) is 29.2. The van der Waals surface area contributed by atoms with Gasteiger partial charge in [0.1, 0.15) is 16.7 Å². The minimum absolute atomic E-state index is 0.0449. The standard InChI is InChI=1S/C21H16N2O3S2/c24-20-19(28-21(25)23-20)14-8-10-27-18-11-12(5-6-13(14)18)26-17-7-9-22-16-4-2-1-3-15(16)17/h1-7,9,11,14,19H,8,10H2,(H,23,24,25)/t14-,19?/m1/s1. The Labute approximate surface area is 170 Å². The normalized spacial score (nSPS) is 21.4. The van der Waals surface area contributed by atoms with Crippen molar-refractivity contribution in [2.45, 2.75) is 22.5 Å². The lowest BCUT2D eigenvalue weighted by molar-refractivity contribution is -0.119. The lowest BCUT2D eigenvalue weighted by Crippen LogP contribution is -2.30. The van der Waals surface area contributed by atoms with Gasteiger partial charge in [0, 0.05) is 22.4 Å². The van der Waals surface area contributed by atoms with Gasteiger partial charge in [-0.05, 0) is 48.1 Å². The zero-order valence-corrected chi connectivity index (χ0v) is 16.4. The van der Waals surface area contributed by atoms with E-state index in [4.69, 9.17) is 4.74 Å². The second-order valence-corrected chi connectivity index (χ2v) is 8.94. The molecular formula is C21H16N2O3S2. The first-order valence-electron chi connectivity index (χ1n) is 8.99. The van der Waals surface area contributed by atoms with E-state index in [1.54, 1.807) is 18.0 Å². The van der Waals surface area contributed by atoms with Crippen LogP contribution in [0.2, 0.25) is 0 Å². The highest BCUT2D eigenvalue weighted by molar-refractivity contribution is 8.15. The zero-order chi connectivity index (χ0) is 19.1. The second-order valence-electron chi connectivity index (χ2n) is 6.69. The summed E-state index contributed by atoms with van der Waals surface area (Å²) in [5, 5.41) is 2.77. The zero-order valence-electron chi connectivity index (χ0n) is 14.8. The van der Waals surface area contributed by atoms with Crippen molar-refractivity contribution in [2.75, 3.05) is 5.75 Å². The van der Waals surface area contributed by atoms with E-state index >= 15 is 0 Å². The summed E-state index contributed by atoms with van der Waals surface area (Å²) < 4.78 is 6.16. The molecule has 2 aliphatic rings. The fourth-order valence-electron chi connectivity index (χ4n) is 3.70. The predicted molar refractivity (Wildman–Crippen MR) is 111 cm³/mol. The van der Waals surface area contributed by atoms with E-state index in [9.17, 15) is 9.59 Å². The molecule has 2 atom stereocenters. The van der Waals surface area contributed by atoms with Crippen molar-refractivity contribution >= 4 is 45.6 Å². The number of imide groups is 1. The number of thioether (sulfide) groups is 2. The monoisotopic (exact) mass is 408 g/mol. The van der Waals surface area contributed by atoms with E-state index in [0.29, 0.717) is 0 Å². The Bertz CT molecular complexity index is 1100. The Kier molecular flexibility index (Phi) is 4.49. The van der Waals surface area contributed by atoms with Crippen LogP contribution in [0.3, 0.4) is 0 Å². The molecule has 1 aromatic heterocycles. The lowest BCUT2D eigenvalue weighted by atomic mass is 9.91. The van der Waals surface area contributed by atoms with Crippen molar-refractivity contribution in [3.05, 3.63) is 60.3 Å². The average molecular weight is 409 g/mol. The third-order valence-corrected chi connectivity index (χ3v) is 7.21. The molecule has 7 heteroatoms. The number of ether oxygens (including phenoxy) is 1. The highest BCUT2D eigenvalue weighted by atomic mass is 32.2. The molecule has 0 spiro atoms. The third kappa shape index (κ3) is 3.14. The molecule has 1 unspecified atom stereocenters. The number of para-hydroxylation sites is 1. The first-order valence-corrected chi connectivity index (χ1v) is 10.9. The molecule has 5 nitrogen and oxygen atoms in total. The molecule has 0 bridgehead atoms. The third-order valence-electron chi connectivity index (χ3n) is 4.99. The highest BCUT2D eigenvalue weighted by Crippen LogP contribution is 2.45. The van der Waals surface area contributed by atoms with E-state index in [-0.39, 0.29) is 22.3 Å². The molecule has 3 aromatic rings. The number of carbonyl (C=O) groups excluding carboxylic acids is 2. The van der Waals surface area contributed by atoms with Crippen LogP contribution in [0.1, 0.15) is 17.9 Å². The summed E-state index contributed by atoms with van der Waals surface area (Å²) in [6, 6.07) is 15.7.